The molecule has 0 N–H and O–H groups in total. The van der Waals surface area contributed by atoms with E-state index in [0.29, 0.717) is 5.69 Å². The largest absolute Gasteiger partial charge is 0.276 e. The molecule has 0 saturated heterocycles. The van der Waals surface area contributed by atoms with Gasteiger partial charge in [-0.05, 0) is 23.5 Å². The second-order valence-electron chi connectivity index (χ2n) is 4.21. The quantitative estimate of drug-likeness (QED) is 0.552. The maximum atomic E-state index is 7.05. The summed E-state index contributed by atoms with van der Waals surface area (Å²) in [4.78, 5) is 7.50. The summed E-state index contributed by atoms with van der Waals surface area (Å²) in [6, 6.07) is 0. The number of pyridine rings is 1. The summed E-state index contributed by atoms with van der Waals surface area (Å²) in [7, 11) is 0. The van der Waals surface area contributed by atoms with Gasteiger partial charge in [0.25, 0.3) is 0 Å². The Morgan fingerprint density at radius 2 is 1.92 bits per heavy atom. The van der Waals surface area contributed by atoms with Crippen LogP contribution in [0.25, 0.3) is 4.85 Å². The summed E-state index contributed by atoms with van der Waals surface area (Å²) in [6.07, 6.45) is 3.45. The lowest BCUT2D eigenvalue weighted by atomic mass is 9.84. The number of hydrogen-bond acceptors (Lipinski definition) is 1. The lowest BCUT2D eigenvalue weighted by Gasteiger charge is -2.22. The molecule has 0 aliphatic heterocycles. The predicted molar refractivity (Wildman–Crippen MR) is 53.9 cm³/mol. The van der Waals surface area contributed by atoms with Crippen molar-refractivity contribution < 1.29 is 0 Å². The molecule has 0 aromatic carbocycles. The molecule has 13 heavy (non-hydrogen) atoms. The molecular weight excluding hydrogens is 160 g/mol. The average Bonchev–Trinajstić information content (AvgIpc) is 2.01. The van der Waals surface area contributed by atoms with Gasteiger partial charge in [0.1, 0.15) is 0 Å². The molecule has 68 valence electrons. The van der Waals surface area contributed by atoms with Gasteiger partial charge in [0.2, 0.25) is 5.69 Å². The Hall–Kier alpha value is -1.36. The van der Waals surface area contributed by atoms with Gasteiger partial charge in [-0.25, -0.2) is 4.85 Å². The first-order valence-electron chi connectivity index (χ1n) is 4.29. The summed E-state index contributed by atoms with van der Waals surface area (Å²) in [5, 5.41) is 0. The molecule has 0 aliphatic carbocycles. The van der Waals surface area contributed by atoms with Gasteiger partial charge in [-0.1, -0.05) is 20.8 Å². The Labute approximate surface area is 79.4 Å². The molecule has 0 aliphatic rings. The van der Waals surface area contributed by atoms with Crippen LogP contribution in [-0.4, -0.2) is 4.98 Å². The van der Waals surface area contributed by atoms with Crippen LogP contribution in [0.1, 0.15) is 31.9 Å². The third-order valence-corrected chi connectivity index (χ3v) is 1.99. The van der Waals surface area contributed by atoms with Crippen molar-refractivity contribution in [2.45, 2.75) is 33.1 Å². The van der Waals surface area contributed by atoms with E-state index in [1.165, 1.54) is 0 Å². The van der Waals surface area contributed by atoms with E-state index in [9.17, 15) is 0 Å². The van der Waals surface area contributed by atoms with Crippen molar-refractivity contribution in [3.8, 4) is 0 Å². The monoisotopic (exact) mass is 174 g/mol. The highest BCUT2D eigenvalue weighted by atomic mass is 14.7. The van der Waals surface area contributed by atoms with E-state index >= 15 is 0 Å². The molecule has 2 heteroatoms. The van der Waals surface area contributed by atoms with Gasteiger partial charge >= 0.3 is 0 Å². The van der Waals surface area contributed by atoms with Gasteiger partial charge in [-0.3, -0.25) is 4.98 Å². The van der Waals surface area contributed by atoms with Crippen LogP contribution in [0.3, 0.4) is 0 Å². The molecule has 0 atom stereocenters. The zero-order valence-electron chi connectivity index (χ0n) is 8.55. The molecule has 0 radical (unpaired) electrons. The number of rotatable bonds is 0. The van der Waals surface area contributed by atoms with E-state index < -0.39 is 0 Å². The summed E-state index contributed by atoms with van der Waals surface area (Å²) < 4.78 is 0. The van der Waals surface area contributed by atoms with Crippen LogP contribution in [0.15, 0.2) is 12.4 Å². The van der Waals surface area contributed by atoms with Crippen molar-refractivity contribution in [1.82, 2.24) is 4.98 Å². The number of nitrogens with zero attached hydrogens (tertiary/aromatic N) is 2. The normalized spacial score (nSPS) is 11.0. The molecule has 1 rings (SSSR count). The summed E-state index contributed by atoms with van der Waals surface area (Å²) >= 11 is 0. The Bertz CT molecular complexity index is 353. The molecule has 0 fully saturated rings. The van der Waals surface area contributed by atoms with E-state index in [1.807, 2.05) is 13.1 Å². The predicted octanol–water partition coefficient (Wildman–Crippen LogP) is 3.24. The molecule has 1 heterocycles. The topological polar surface area (TPSA) is 17.2 Å². The molecular formula is C11H14N2. The van der Waals surface area contributed by atoms with E-state index in [2.05, 4.69) is 30.6 Å². The fourth-order valence-corrected chi connectivity index (χ4v) is 1.61. The van der Waals surface area contributed by atoms with Crippen LogP contribution in [0.4, 0.5) is 5.69 Å². The lowest BCUT2D eigenvalue weighted by molar-refractivity contribution is 0.588. The fraction of sp³-hybridized carbons (Fsp3) is 0.455. The minimum atomic E-state index is 0.0207. The zero-order valence-corrected chi connectivity index (χ0v) is 8.55. The van der Waals surface area contributed by atoms with E-state index in [0.717, 1.165) is 11.1 Å². The van der Waals surface area contributed by atoms with E-state index in [1.54, 1.807) is 6.20 Å². The first kappa shape index (κ1) is 9.73. The van der Waals surface area contributed by atoms with Crippen molar-refractivity contribution in [3.63, 3.8) is 0 Å². The number of aryl methyl sites for hydroxylation is 1. The Morgan fingerprint density at radius 3 is 2.31 bits per heavy atom. The SMILES string of the molecule is [C-]#[N+]c1cncc(C)c1C(C)(C)C. The molecule has 0 saturated carbocycles. The van der Waals surface area contributed by atoms with Gasteiger partial charge in [0.15, 0.2) is 0 Å². The maximum Gasteiger partial charge on any atom is 0.209 e. The molecule has 1 aromatic rings. The second kappa shape index (κ2) is 3.18. The molecule has 0 bridgehead atoms. The van der Waals surface area contributed by atoms with Gasteiger partial charge in [-0.15, -0.1) is 0 Å². The molecule has 1 aromatic heterocycles. The highest BCUT2D eigenvalue weighted by Crippen LogP contribution is 2.33. The first-order chi connectivity index (χ1) is 5.96. The molecule has 0 unspecified atom stereocenters. The van der Waals surface area contributed by atoms with Gasteiger partial charge in [-0.2, -0.15) is 0 Å². The van der Waals surface area contributed by atoms with Crippen molar-refractivity contribution in [2.75, 3.05) is 0 Å². The van der Waals surface area contributed by atoms with Crippen LogP contribution < -0.4 is 0 Å². The van der Waals surface area contributed by atoms with Crippen molar-refractivity contribution in [1.29, 1.82) is 0 Å². The van der Waals surface area contributed by atoms with Crippen LogP contribution in [0.5, 0.6) is 0 Å². The summed E-state index contributed by atoms with van der Waals surface area (Å²) in [5.74, 6) is 0. The standard InChI is InChI=1S/C11H14N2/c1-8-6-13-7-9(12-5)10(8)11(2,3)4/h6-7H,1-4H3. The fourth-order valence-electron chi connectivity index (χ4n) is 1.61. The highest BCUT2D eigenvalue weighted by molar-refractivity contribution is 5.56. The number of hydrogen-bond donors (Lipinski definition) is 0. The maximum absolute atomic E-state index is 7.05. The minimum absolute atomic E-state index is 0.0207. The van der Waals surface area contributed by atoms with Gasteiger partial charge < -0.3 is 0 Å². The van der Waals surface area contributed by atoms with Crippen molar-refractivity contribution in [2.24, 2.45) is 0 Å². The zero-order chi connectivity index (χ0) is 10.1. The van der Waals surface area contributed by atoms with E-state index in [4.69, 9.17) is 6.57 Å². The molecule has 0 amide bonds. The third kappa shape index (κ3) is 1.86. The lowest BCUT2D eigenvalue weighted by Crippen LogP contribution is -2.13. The smallest absolute Gasteiger partial charge is 0.209 e. The second-order valence-corrected chi connectivity index (χ2v) is 4.21. The van der Waals surface area contributed by atoms with Crippen LogP contribution in [-0.2, 0) is 5.41 Å². The van der Waals surface area contributed by atoms with Crippen molar-refractivity contribution >= 4 is 5.69 Å². The number of aromatic nitrogens is 1. The third-order valence-electron chi connectivity index (χ3n) is 1.99. The first-order valence-corrected chi connectivity index (χ1v) is 4.29. The van der Waals surface area contributed by atoms with Gasteiger partial charge in [0, 0.05) is 12.4 Å². The molecule has 0 spiro atoms. The summed E-state index contributed by atoms with van der Waals surface area (Å²) in [5.41, 5.74) is 2.90. The van der Waals surface area contributed by atoms with Crippen molar-refractivity contribution in [3.05, 3.63) is 34.9 Å². The Morgan fingerprint density at radius 1 is 1.31 bits per heavy atom. The molecule has 2 nitrogen and oxygen atoms in total. The summed E-state index contributed by atoms with van der Waals surface area (Å²) in [6.45, 7) is 15.4. The minimum Gasteiger partial charge on any atom is -0.276 e. The Kier molecular flexibility index (Phi) is 2.38. The average molecular weight is 174 g/mol. The van der Waals surface area contributed by atoms with Crippen LogP contribution >= 0.6 is 0 Å². The Balaban J connectivity index is 3.43. The van der Waals surface area contributed by atoms with Gasteiger partial charge in [0.05, 0.1) is 6.57 Å². The highest BCUT2D eigenvalue weighted by Gasteiger charge is 2.20. The van der Waals surface area contributed by atoms with Crippen LogP contribution in [0, 0.1) is 13.5 Å². The van der Waals surface area contributed by atoms with Crippen LogP contribution in [0.2, 0.25) is 0 Å². The van der Waals surface area contributed by atoms with E-state index in [-0.39, 0.29) is 5.41 Å².